The average Bonchev–Trinajstić information content (AvgIpc) is 3.17. The first kappa shape index (κ1) is 39.5. The first-order valence-electron chi connectivity index (χ1n) is 17.7. The molecule has 0 unspecified atom stereocenters. The van der Waals surface area contributed by atoms with Crippen LogP contribution in [0.3, 0.4) is 0 Å². The van der Waals surface area contributed by atoms with Crippen LogP contribution in [-0.2, 0) is 29.7 Å². The number of phenols is 1. The van der Waals surface area contributed by atoms with Crippen molar-refractivity contribution in [2.45, 2.75) is 38.4 Å². The van der Waals surface area contributed by atoms with Gasteiger partial charge in [-0.25, -0.2) is 17.6 Å². The molecule has 0 spiro atoms. The zero-order valence-electron chi connectivity index (χ0n) is 30.3. The van der Waals surface area contributed by atoms with E-state index in [1.54, 1.807) is 29.2 Å². The van der Waals surface area contributed by atoms with Crippen molar-refractivity contribution in [2.24, 2.45) is 5.92 Å². The van der Waals surface area contributed by atoms with E-state index >= 15 is 0 Å². The highest BCUT2D eigenvalue weighted by molar-refractivity contribution is 7.89. The van der Waals surface area contributed by atoms with Gasteiger partial charge in [-0.3, -0.25) is 0 Å². The Bertz CT molecular complexity index is 2380. The Morgan fingerprint density at radius 3 is 1.98 bits per heavy atom. The van der Waals surface area contributed by atoms with Gasteiger partial charge in [-0.05, 0) is 69.6 Å². The number of carbonyl (C=O) groups excluding carboxylic acids is 1. The van der Waals surface area contributed by atoms with E-state index in [2.05, 4.69) is 5.32 Å². The maximum atomic E-state index is 14.3. The molecular formula is C44H40Cl2FN3O4S. The summed E-state index contributed by atoms with van der Waals surface area (Å²) in [6, 6.07) is 40.6. The fourth-order valence-electron chi connectivity index (χ4n) is 6.32. The summed E-state index contributed by atoms with van der Waals surface area (Å²) in [5.41, 5.74) is 6.37. The van der Waals surface area contributed by atoms with Crippen molar-refractivity contribution in [2.75, 3.05) is 11.9 Å². The Labute approximate surface area is 331 Å². The van der Waals surface area contributed by atoms with Crippen molar-refractivity contribution >= 4 is 44.9 Å². The molecule has 0 atom stereocenters. The van der Waals surface area contributed by atoms with E-state index < -0.39 is 20.7 Å². The van der Waals surface area contributed by atoms with E-state index in [0.717, 1.165) is 27.8 Å². The van der Waals surface area contributed by atoms with Crippen LogP contribution in [0.1, 0.15) is 30.5 Å². The van der Waals surface area contributed by atoms with Gasteiger partial charge in [-0.2, -0.15) is 4.31 Å². The highest BCUT2D eigenvalue weighted by Crippen LogP contribution is 2.37. The third kappa shape index (κ3) is 9.92. The van der Waals surface area contributed by atoms with Crippen LogP contribution in [0.15, 0.2) is 144 Å². The van der Waals surface area contributed by atoms with Crippen LogP contribution in [0.5, 0.6) is 5.75 Å². The lowest BCUT2D eigenvalue weighted by Gasteiger charge is -2.26. The number of nitrogens with one attached hydrogen (secondary N) is 1. The molecule has 2 amide bonds. The van der Waals surface area contributed by atoms with Crippen molar-refractivity contribution in [1.29, 1.82) is 0 Å². The molecule has 0 bridgehead atoms. The van der Waals surface area contributed by atoms with Gasteiger partial charge in [0, 0.05) is 36.8 Å². The smallest absolute Gasteiger partial charge is 0.322 e. The summed E-state index contributed by atoms with van der Waals surface area (Å²) >= 11 is 12.4. The van der Waals surface area contributed by atoms with Crippen LogP contribution in [0.25, 0.3) is 22.3 Å². The molecule has 0 radical (unpaired) electrons. The predicted octanol–water partition coefficient (Wildman–Crippen LogP) is 11.3. The molecule has 0 saturated heterocycles. The molecule has 7 nitrogen and oxygen atoms in total. The van der Waals surface area contributed by atoms with E-state index in [1.807, 2.05) is 105 Å². The summed E-state index contributed by atoms with van der Waals surface area (Å²) < 4.78 is 43.4. The van der Waals surface area contributed by atoms with Crippen LogP contribution in [0, 0.1) is 11.7 Å². The summed E-state index contributed by atoms with van der Waals surface area (Å²) in [5, 5.41) is 13.8. The Morgan fingerprint density at radius 1 is 0.709 bits per heavy atom. The topological polar surface area (TPSA) is 90.0 Å². The van der Waals surface area contributed by atoms with E-state index in [1.165, 1.54) is 28.6 Å². The predicted molar refractivity (Wildman–Crippen MR) is 219 cm³/mol. The Kier molecular flexibility index (Phi) is 12.6. The van der Waals surface area contributed by atoms with Gasteiger partial charge in [0.1, 0.15) is 10.7 Å². The van der Waals surface area contributed by atoms with Crippen molar-refractivity contribution in [1.82, 2.24) is 9.21 Å². The maximum absolute atomic E-state index is 14.3. The molecule has 0 saturated carbocycles. The van der Waals surface area contributed by atoms with Gasteiger partial charge in [-0.1, -0.05) is 146 Å². The largest absolute Gasteiger partial charge is 0.505 e. The molecule has 6 rings (SSSR count). The lowest BCUT2D eigenvalue weighted by atomic mass is 10.0. The zero-order chi connectivity index (χ0) is 39.1. The monoisotopic (exact) mass is 795 g/mol. The van der Waals surface area contributed by atoms with Gasteiger partial charge in [0.25, 0.3) is 0 Å². The minimum Gasteiger partial charge on any atom is -0.505 e. The van der Waals surface area contributed by atoms with Crippen LogP contribution < -0.4 is 5.32 Å². The molecule has 0 aliphatic rings. The first-order chi connectivity index (χ1) is 26.4. The summed E-state index contributed by atoms with van der Waals surface area (Å²) in [7, 11) is -4.37. The molecule has 6 aromatic rings. The highest BCUT2D eigenvalue weighted by atomic mass is 35.5. The number of nitrogens with zero attached hydrogens (tertiary/aromatic N) is 2. The highest BCUT2D eigenvalue weighted by Gasteiger charge is 2.30. The van der Waals surface area contributed by atoms with E-state index in [4.69, 9.17) is 23.2 Å². The normalized spacial score (nSPS) is 11.5. The molecule has 11 heteroatoms. The van der Waals surface area contributed by atoms with Gasteiger partial charge in [0.15, 0.2) is 5.75 Å². The summed E-state index contributed by atoms with van der Waals surface area (Å²) in [4.78, 5) is 15.2. The first-order valence-corrected chi connectivity index (χ1v) is 19.9. The maximum Gasteiger partial charge on any atom is 0.322 e. The number of anilines is 1. The fourth-order valence-corrected chi connectivity index (χ4v) is 8.48. The number of benzene rings is 6. The van der Waals surface area contributed by atoms with Crippen LogP contribution in [0.4, 0.5) is 14.9 Å². The average molecular weight is 797 g/mol. The van der Waals surface area contributed by atoms with Gasteiger partial charge in [0.2, 0.25) is 10.0 Å². The second kappa shape index (κ2) is 17.5. The van der Waals surface area contributed by atoms with Crippen molar-refractivity contribution in [3.05, 3.63) is 172 Å². The van der Waals surface area contributed by atoms with E-state index in [-0.39, 0.29) is 47.4 Å². The molecule has 0 aliphatic heterocycles. The van der Waals surface area contributed by atoms with Crippen LogP contribution >= 0.6 is 23.2 Å². The SMILES string of the molecule is CC(C)CN(Cc1cccc(CN(Cc2ccc(-c3ccc(F)cc3)cc2)S(=O)(=O)c2cc(Cl)cc(Cl)c2O)c1)C(=O)Nc1ccccc1-c1ccccc1. The second-order valence-corrected chi connectivity index (χ2v) is 16.4. The molecule has 0 heterocycles. The lowest BCUT2D eigenvalue weighted by Crippen LogP contribution is -2.37. The molecule has 55 heavy (non-hydrogen) atoms. The number of urea groups is 1. The van der Waals surface area contributed by atoms with Crippen molar-refractivity contribution in [3.8, 4) is 28.0 Å². The third-order valence-electron chi connectivity index (χ3n) is 8.95. The van der Waals surface area contributed by atoms with Gasteiger partial charge >= 0.3 is 6.03 Å². The number of hydrogen-bond donors (Lipinski definition) is 2. The molecular weight excluding hydrogens is 756 g/mol. The Balaban J connectivity index is 1.28. The van der Waals surface area contributed by atoms with Crippen LogP contribution in [-0.4, -0.2) is 35.3 Å². The standard InChI is InChI=1S/C44H40Cl2FN3O4S/c1-30(2)26-49(44(52)48-41-14-7-6-13-39(41)36-11-4-3-5-12-36)27-32-9-8-10-33(23-32)29-50(55(53,54)42-25-37(45)24-40(46)43(42)51)28-31-15-17-34(18-16-31)35-19-21-38(47)22-20-35/h3-25,30,51H,26-29H2,1-2H3,(H,48,52). The van der Waals surface area contributed by atoms with Gasteiger partial charge in [0.05, 0.1) is 10.7 Å². The number of amides is 2. The number of para-hydroxylation sites is 1. The van der Waals surface area contributed by atoms with E-state index in [9.17, 15) is 22.7 Å². The number of hydrogen-bond acceptors (Lipinski definition) is 4. The fraction of sp³-hybridized carbons (Fsp3) is 0.159. The Morgan fingerprint density at radius 2 is 1.31 bits per heavy atom. The Hall–Kier alpha value is -5.19. The summed E-state index contributed by atoms with van der Waals surface area (Å²) in [5.74, 6) is -0.763. The van der Waals surface area contributed by atoms with Gasteiger partial charge in [-0.15, -0.1) is 0 Å². The van der Waals surface area contributed by atoms with Crippen molar-refractivity contribution < 1.29 is 22.7 Å². The van der Waals surface area contributed by atoms with Gasteiger partial charge < -0.3 is 15.3 Å². The number of phenolic OH excluding ortho intramolecular Hbond substituents is 1. The third-order valence-corrected chi connectivity index (χ3v) is 11.3. The number of aromatic hydroxyl groups is 1. The quantitative estimate of drug-likeness (QED) is 0.122. The lowest BCUT2D eigenvalue weighted by molar-refractivity contribution is 0.201. The second-order valence-electron chi connectivity index (χ2n) is 13.6. The number of rotatable bonds is 13. The zero-order valence-corrected chi connectivity index (χ0v) is 32.6. The van der Waals surface area contributed by atoms with Crippen molar-refractivity contribution in [3.63, 3.8) is 0 Å². The van der Waals surface area contributed by atoms with Crippen LogP contribution in [0.2, 0.25) is 10.0 Å². The molecule has 2 N–H and O–H groups in total. The molecule has 282 valence electrons. The molecule has 6 aromatic carbocycles. The summed E-state index contributed by atoms with van der Waals surface area (Å²) in [6.45, 7) is 4.71. The molecule has 0 aromatic heterocycles. The number of carbonyl (C=O) groups is 1. The number of sulfonamides is 1. The minimum atomic E-state index is -4.37. The van der Waals surface area contributed by atoms with E-state index in [0.29, 0.717) is 23.4 Å². The molecule has 0 fully saturated rings. The minimum absolute atomic E-state index is 0.0530. The number of halogens is 3. The summed E-state index contributed by atoms with van der Waals surface area (Å²) in [6.07, 6.45) is 0. The molecule has 0 aliphatic carbocycles.